The summed E-state index contributed by atoms with van der Waals surface area (Å²) in [5, 5.41) is 2.56. The molecule has 2 aromatic heterocycles. The lowest BCUT2D eigenvalue weighted by Crippen LogP contribution is -1.94. The second kappa shape index (κ2) is 7.28. The second-order valence-electron chi connectivity index (χ2n) is 8.33. The molecule has 0 aliphatic rings. The van der Waals surface area contributed by atoms with Crippen LogP contribution in [0.5, 0.6) is 0 Å². The third kappa shape index (κ3) is 2.66. The van der Waals surface area contributed by atoms with Crippen molar-refractivity contribution in [2.45, 2.75) is 0 Å². The summed E-state index contributed by atoms with van der Waals surface area (Å²) < 4.78 is 4.69. The summed E-state index contributed by atoms with van der Waals surface area (Å²) in [5.74, 6) is 0. The van der Waals surface area contributed by atoms with Gasteiger partial charge in [-0.1, -0.05) is 97.1 Å². The Morgan fingerprint density at radius 3 is 1.16 bits per heavy atom. The summed E-state index contributed by atoms with van der Waals surface area (Å²) in [7, 11) is 4.36. The number of rotatable bonds is 3. The van der Waals surface area contributed by atoms with Gasteiger partial charge >= 0.3 is 0 Å². The van der Waals surface area contributed by atoms with E-state index in [2.05, 4.69) is 132 Å². The van der Waals surface area contributed by atoms with E-state index in [1.165, 1.54) is 55.4 Å². The van der Waals surface area contributed by atoms with Crippen LogP contribution in [0.15, 0.2) is 109 Å². The van der Waals surface area contributed by atoms with Crippen LogP contribution in [0.25, 0.3) is 55.4 Å². The summed E-state index contributed by atoms with van der Waals surface area (Å²) in [5.41, 5.74) is 10.0. The van der Waals surface area contributed by atoms with Gasteiger partial charge in [-0.2, -0.15) is 0 Å². The van der Waals surface area contributed by atoms with Crippen molar-refractivity contribution >= 4 is 21.8 Å². The Kier molecular flexibility index (Phi) is 4.26. The molecule has 154 valence electrons. The number of fused-ring (bicyclic) bond motifs is 2. The van der Waals surface area contributed by atoms with E-state index in [0.29, 0.717) is 0 Å². The molecule has 0 aliphatic carbocycles. The first kappa shape index (κ1) is 18.7. The van der Waals surface area contributed by atoms with E-state index < -0.39 is 0 Å². The minimum absolute atomic E-state index is 1.23. The van der Waals surface area contributed by atoms with Crippen molar-refractivity contribution in [3.63, 3.8) is 0 Å². The molecule has 6 aromatic rings. The summed E-state index contributed by atoms with van der Waals surface area (Å²) in [4.78, 5) is 0. The maximum absolute atomic E-state index is 2.34. The van der Waals surface area contributed by atoms with Gasteiger partial charge in [0.05, 0.1) is 11.4 Å². The molecule has 0 N–H and O–H groups in total. The van der Waals surface area contributed by atoms with Gasteiger partial charge in [-0.3, -0.25) is 0 Å². The Morgan fingerprint density at radius 1 is 0.406 bits per heavy atom. The van der Waals surface area contributed by atoms with Crippen molar-refractivity contribution in [2.75, 3.05) is 0 Å². The van der Waals surface area contributed by atoms with Crippen molar-refractivity contribution in [1.82, 2.24) is 9.13 Å². The van der Waals surface area contributed by atoms with E-state index in [-0.39, 0.29) is 0 Å². The number of hydrogen-bond donors (Lipinski definition) is 0. The topological polar surface area (TPSA) is 9.86 Å². The standard InChI is InChI=1S/C30H24N2/c1-31-25-19-11-9-17-23(25)27(29(31)21-13-5-3-6-14-21)28-24-18-10-12-20-26(24)32(2)30(28)22-15-7-4-8-16-22/h3-20H,1-2H3. The Bertz CT molecular complexity index is 1450. The first-order valence-electron chi connectivity index (χ1n) is 11.0. The summed E-state index contributed by atoms with van der Waals surface area (Å²) in [6.45, 7) is 0. The number of para-hydroxylation sites is 2. The van der Waals surface area contributed by atoms with Gasteiger partial charge in [0.15, 0.2) is 0 Å². The first-order chi connectivity index (χ1) is 15.8. The molecule has 4 aromatic carbocycles. The lowest BCUT2D eigenvalue weighted by Gasteiger charge is -2.12. The van der Waals surface area contributed by atoms with Crippen molar-refractivity contribution < 1.29 is 0 Å². The molecule has 6 rings (SSSR count). The zero-order chi connectivity index (χ0) is 21.7. The summed E-state index contributed by atoms with van der Waals surface area (Å²) in [6.07, 6.45) is 0. The number of aromatic nitrogens is 2. The molecule has 0 saturated heterocycles. The van der Waals surface area contributed by atoms with Gasteiger partial charge in [0.25, 0.3) is 0 Å². The third-order valence-corrected chi connectivity index (χ3v) is 6.56. The fourth-order valence-electron chi connectivity index (χ4n) is 5.16. The van der Waals surface area contributed by atoms with Crippen LogP contribution in [0.1, 0.15) is 0 Å². The highest BCUT2D eigenvalue weighted by Gasteiger charge is 2.25. The second-order valence-corrected chi connectivity index (χ2v) is 8.33. The average Bonchev–Trinajstić information content (AvgIpc) is 3.31. The van der Waals surface area contributed by atoms with Gasteiger partial charge in [0.1, 0.15) is 0 Å². The van der Waals surface area contributed by atoms with Crippen LogP contribution < -0.4 is 0 Å². The van der Waals surface area contributed by atoms with Crippen LogP contribution in [0.4, 0.5) is 0 Å². The van der Waals surface area contributed by atoms with Gasteiger partial charge in [-0.25, -0.2) is 0 Å². The predicted molar refractivity (Wildman–Crippen MR) is 136 cm³/mol. The van der Waals surface area contributed by atoms with Gasteiger partial charge in [0.2, 0.25) is 0 Å². The summed E-state index contributed by atoms with van der Waals surface area (Å²) >= 11 is 0. The van der Waals surface area contributed by atoms with Crippen LogP contribution in [-0.4, -0.2) is 9.13 Å². The Labute approximate surface area is 188 Å². The maximum Gasteiger partial charge on any atom is 0.0569 e. The van der Waals surface area contributed by atoms with Gasteiger partial charge < -0.3 is 9.13 Å². The highest BCUT2D eigenvalue weighted by Crippen LogP contribution is 2.48. The van der Waals surface area contributed by atoms with E-state index >= 15 is 0 Å². The normalized spacial score (nSPS) is 11.4. The molecule has 0 atom stereocenters. The first-order valence-corrected chi connectivity index (χ1v) is 11.0. The minimum Gasteiger partial charge on any atom is -0.343 e. The van der Waals surface area contributed by atoms with Gasteiger partial charge in [-0.15, -0.1) is 0 Å². The molecular formula is C30H24N2. The Balaban J connectivity index is 1.84. The average molecular weight is 413 g/mol. The van der Waals surface area contributed by atoms with Crippen LogP contribution in [0, 0.1) is 0 Å². The molecule has 32 heavy (non-hydrogen) atoms. The van der Waals surface area contributed by atoms with Crippen LogP contribution in [-0.2, 0) is 14.1 Å². The maximum atomic E-state index is 2.34. The van der Waals surface area contributed by atoms with Crippen molar-refractivity contribution in [3.8, 4) is 33.6 Å². The van der Waals surface area contributed by atoms with Crippen molar-refractivity contribution in [3.05, 3.63) is 109 Å². The molecule has 2 heteroatoms. The van der Waals surface area contributed by atoms with Gasteiger partial charge in [-0.05, 0) is 23.3 Å². The van der Waals surface area contributed by atoms with Crippen LogP contribution in [0.2, 0.25) is 0 Å². The molecule has 0 fully saturated rings. The monoisotopic (exact) mass is 412 g/mol. The van der Waals surface area contributed by atoms with E-state index in [1.54, 1.807) is 0 Å². The summed E-state index contributed by atoms with van der Waals surface area (Å²) in [6, 6.07) is 39.0. The number of benzene rings is 4. The molecule has 0 aliphatic heterocycles. The lowest BCUT2D eigenvalue weighted by molar-refractivity contribution is 0.974. The molecule has 2 heterocycles. The molecule has 0 saturated carbocycles. The molecule has 0 amide bonds. The third-order valence-electron chi connectivity index (χ3n) is 6.56. The zero-order valence-electron chi connectivity index (χ0n) is 18.3. The molecule has 0 spiro atoms. The number of hydrogen-bond acceptors (Lipinski definition) is 0. The SMILES string of the molecule is Cn1c(-c2ccccc2)c(-c2c(-c3ccccc3)n(C)c3ccccc23)c2ccccc21. The highest BCUT2D eigenvalue weighted by molar-refractivity contribution is 6.15. The van der Waals surface area contributed by atoms with E-state index in [1.807, 2.05) is 0 Å². The van der Waals surface area contributed by atoms with Crippen molar-refractivity contribution in [1.29, 1.82) is 0 Å². The van der Waals surface area contributed by atoms with E-state index in [0.717, 1.165) is 0 Å². The van der Waals surface area contributed by atoms with Gasteiger partial charge in [0, 0.05) is 47.0 Å². The van der Waals surface area contributed by atoms with Crippen LogP contribution in [0.3, 0.4) is 0 Å². The Morgan fingerprint density at radius 2 is 0.750 bits per heavy atom. The molecule has 2 nitrogen and oxygen atoms in total. The smallest absolute Gasteiger partial charge is 0.0569 e. The quantitative estimate of drug-likeness (QED) is 0.282. The number of nitrogens with zero attached hydrogens (tertiary/aromatic N) is 2. The Hall–Kier alpha value is -4.04. The largest absolute Gasteiger partial charge is 0.343 e. The molecule has 0 unspecified atom stereocenters. The molecular weight excluding hydrogens is 388 g/mol. The highest BCUT2D eigenvalue weighted by atomic mass is 15.0. The number of aryl methyl sites for hydroxylation is 2. The van der Waals surface area contributed by atoms with E-state index in [9.17, 15) is 0 Å². The lowest BCUT2D eigenvalue weighted by atomic mass is 9.93. The van der Waals surface area contributed by atoms with Crippen molar-refractivity contribution in [2.24, 2.45) is 14.1 Å². The fourth-order valence-corrected chi connectivity index (χ4v) is 5.16. The molecule has 0 bridgehead atoms. The molecule has 0 radical (unpaired) electrons. The van der Waals surface area contributed by atoms with Crippen LogP contribution >= 0.6 is 0 Å². The minimum atomic E-state index is 1.23. The zero-order valence-corrected chi connectivity index (χ0v) is 18.3. The van der Waals surface area contributed by atoms with E-state index in [4.69, 9.17) is 0 Å². The fraction of sp³-hybridized carbons (Fsp3) is 0.0667. The predicted octanol–water partition coefficient (Wildman–Crippen LogP) is 7.67.